The summed E-state index contributed by atoms with van der Waals surface area (Å²) >= 11 is 5.16. The van der Waals surface area contributed by atoms with Crippen LogP contribution in [0, 0.1) is 0 Å². The maximum absolute atomic E-state index is 5.33. The maximum atomic E-state index is 5.33. The minimum absolute atomic E-state index is 0.274. The first-order valence-electron chi connectivity index (χ1n) is 6.67. The van der Waals surface area contributed by atoms with Crippen LogP contribution in [0.3, 0.4) is 0 Å². The molecule has 6 nitrogen and oxygen atoms in total. The van der Waals surface area contributed by atoms with E-state index in [9.17, 15) is 0 Å². The number of hydrazone groups is 1. The Labute approximate surface area is 133 Å². The Hall–Kier alpha value is -2.67. The fourth-order valence-corrected chi connectivity index (χ4v) is 2.01. The molecule has 1 aromatic carbocycles. The third-order valence-corrected chi connectivity index (χ3v) is 3.21. The number of fused-ring (bicyclic) bond motifs is 1. The van der Waals surface area contributed by atoms with Crippen LogP contribution in [-0.4, -0.2) is 23.1 Å². The number of nitrogens with zero attached hydrogens (tertiary/aromatic N) is 2. The van der Waals surface area contributed by atoms with E-state index in [-0.39, 0.29) is 6.79 Å². The Kier molecular flexibility index (Phi) is 4.45. The highest BCUT2D eigenvalue weighted by Crippen LogP contribution is 2.32. The average Bonchev–Trinajstić information content (AvgIpc) is 3.01. The molecule has 3 rings (SSSR count). The smallest absolute Gasteiger partial charge is 0.231 e. The highest BCUT2D eigenvalue weighted by molar-refractivity contribution is 7.80. The highest BCUT2D eigenvalue weighted by Gasteiger charge is 2.12. The number of thiocarbonyl (C=S) groups is 1. The van der Waals surface area contributed by atoms with E-state index in [0.29, 0.717) is 11.7 Å². The number of benzene rings is 1. The van der Waals surface area contributed by atoms with E-state index >= 15 is 0 Å². The molecule has 0 unspecified atom stereocenters. The van der Waals surface area contributed by atoms with Crippen LogP contribution in [0.4, 0.5) is 0 Å². The van der Waals surface area contributed by atoms with Crippen LogP contribution in [0.25, 0.3) is 0 Å². The topological polar surface area (TPSA) is 67.8 Å². The van der Waals surface area contributed by atoms with Gasteiger partial charge in [0.15, 0.2) is 16.6 Å². The van der Waals surface area contributed by atoms with Gasteiger partial charge in [0, 0.05) is 18.9 Å². The third kappa shape index (κ3) is 3.70. The molecule has 112 valence electrons. The summed E-state index contributed by atoms with van der Waals surface area (Å²) in [6, 6.07) is 9.49. The molecule has 1 aromatic heterocycles. The molecule has 0 atom stereocenters. The van der Waals surface area contributed by atoms with Gasteiger partial charge in [0.1, 0.15) is 0 Å². The second-order valence-electron chi connectivity index (χ2n) is 4.52. The SMILES string of the molecule is S=C(NCc1ccc2c(c1)OCO2)N/N=C\c1ccncc1. The van der Waals surface area contributed by atoms with Gasteiger partial charge in [-0.3, -0.25) is 10.4 Å². The lowest BCUT2D eigenvalue weighted by molar-refractivity contribution is 0.174. The number of hydrogen-bond acceptors (Lipinski definition) is 5. The van der Waals surface area contributed by atoms with Crippen molar-refractivity contribution < 1.29 is 9.47 Å². The first-order valence-corrected chi connectivity index (χ1v) is 7.07. The zero-order valence-electron chi connectivity index (χ0n) is 11.7. The van der Waals surface area contributed by atoms with E-state index in [4.69, 9.17) is 21.7 Å². The Morgan fingerprint density at radius 2 is 2.05 bits per heavy atom. The van der Waals surface area contributed by atoms with Crippen LogP contribution in [0.1, 0.15) is 11.1 Å². The van der Waals surface area contributed by atoms with Gasteiger partial charge < -0.3 is 14.8 Å². The first kappa shape index (κ1) is 14.3. The van der Waals surface area contributed by atoms with Gasteiger partial charge in [0.2, 0.25) is 6.79 Å². The molecule has 2 aromatic rings. The van der Waals surface area contributed by atoms with E-state index < -0.39 is 0 Å². The molecule has 0 bridgehead atoms. The Bertz CT molecular complexity index is 691. The summed E-state index contributed by atoms with van der Waals surface area (Å²) in [5.41, 5.74) is 4.76. The van der Waals surface area contributed by atoms with Crippen molar-refractivity contribution in [3.8, 4) is 11.5 Å². The number of pyridine rings is 1. The zero-order valence-corrected chi connectivity index (χ0v) is 12.5. The van der Waals surface area contributed by atoms with Crippen LogP contribution in [-0.2, 0) is 6.54 Å². The number of ether oxygens (including phenoxy) is 2. The van der Waals surface area contributed by atoms with Crippen molar-refractivity contribution in [2.24, 2.45) is 5.10 Å². The Morgan fingerprint density at radius 1 is 1.23 bits per heavy atom. The predicted molar refractivity (Wildman–Crippen MR) is 87.0 cm³/mol. The van der Waals surface area contributed by atoms with Crippen molar-refractivity contribution in [2.75, 3.05) is 6.79 Å². The molecular weight excluding hydrogens is 300 g/mol. The van der Waals surface area contributed by atoms with Gasteiger partial charge >= 0.3 is 0 Å². The van der Waals surface area contributed by atoms with Crippen molar-refractivity contribution >= 4 is 23.5 Å². The van der Waals surface area contributed by atoms with Crippen LogP contribution >= 0.6 is 12.2 Å². The fraction of sp³-hybridized carbons (Fsp3) is 0.133. The molecule has 2 heterocycles. The second-order valence-corrected chi connectivity index (χ2v) is 4.93. The number of aromatic nitrogens is 1. The maximum Gasteiger partial charge on any atom is 0.231 e. The van der Waals surface area contributed by atoms with Gasteiger partial charge in [-0.05, 0) is 47.6 Å². The lowest BCUT2D eigenvalue weighted by atomic mass is 10.2. The molecule has 0 spiro atoms. The van der Waals surface area contributed by atoms with Crippen molar-refractivity contribution in [2.45, 2.75) is 6.54 Å². The normalized spacial score (nSPS) is 12.4. The van der Waals surface area contributed by atoms with Gasteiger partial charge in [-0.2, -0.15) is 5.10 Å². The fourth-order valence-electron chi connectivity index (χ4n) is 1.89. The third-order valence-electron chi connectivity index (χ3n) is 2.98. The van der Waals surface area contributed by atoms with Gasteiger partial charge in [0.05, 0.1) is 6.21 Å². The second kappa shape index (κ2) is 6.86. The number of hydrogen-bond donors (Lipinski definition) is 2. The number of nitrogens with one attached hydrogen (secondary N) is 2. The van der Waals surface area contributed by atoms with Crippen molar-refractivity contribution in [3.63, 3.8) is 0 Å². The molecule has 0 radical (unpaired) electrons. The highest BCUT2D eigenvalue weighted by atomic mass is 32.1. The van der Waals surface area contributed by atoms with E-state index in [1.165, 1.54) is 0 Å². The lowest BCUT2D eigenvalue weighted by Gasteiger charge is -2.07. The van der Waals surface area contributed by atoms with Gasteiger partial charge in [-0.25, -0.2) is 0 Å². The summed E-state index contributed by atoms with van der Waals surface area (Å²) in [7, 11) is 0. The standard InChI is InChI=1S/C15H14N4O2S/c22-15(19-18-9-11-3-5-16-6-4-11)17-8-12-1-2-13-14(7-12)21-10-20-13/h1-7,9H,8,10H2,(H2,17,19,22)/b18-9-. The van der Waals surface area contributed by atoms with Crippen LogP contribution in [0.15, 0.2) is 47.8 Å². The molecule has 1 aliphatic heterocycles. The number of rotatable bonds is 4. The zero-order chi connectivity index (χ0) is 15.2. The summed E-state index contributed by atoms with van der Waals surface area (Å²) in [6.45, 7) is 0.850. The molecule has 0 amide bonds. The van der Waals surface area contributed by atoms with Crippen molar-refractivity contribution in [3.05, 3.63) is 53.9 Å². The molecule has 22 heavy (non-hydrogen) atoms. The molecule has 2 N–H and O–H groups in total. The average molecular weight is 314 g/mol. The van der Waals surface area contributed by atoms with Crippen LogP contribution in [0.2, 0.25) is 0 Å². The molecular formula is C15H14N4O2S. The predicted octanol–water partition coefficient (Wildman–Crippen LogP) is 1.81. The first-order chi connectivity index (χ1) is 10.8. The lowest BCUT2D eigenvalue weighted by Crippen LogP contribution is -2.31. The Balaban J connectivity index is 1.47. The minimum Gasteiger partial charge on any atom is -0.454 e. The van der Waals surface area contributed by atoms with E-state index in [2.05, 4.69) is 20.8 Å². The summed E-state index contributed by atoms with van der Waals surface area (Å²) in [4.78, 5) is 3.94. The molecule has 0 fully saturated rings. The molecule has 0 aliphatic carbocycles. The summed E-state index contributed by atoms with van der Waals surface area (Å²) < 4.78 is 10.6. The molecule has 7 heteroatoms. The molecule has 1 aliphatic rings. The van der Waals surface area contributed by atoms with Gasteiger partial charge in [0.25, 0.3) is 0 Å². The quantitative estimate of drug-likeness (QED) is 0.510. The Morgan fingerprint density at radius 3 is 2.91 bits per heavy atom. The van der Waals surface area contributed by atoms with Gasteiger partial charge in [-0.1, -0.05) is 6.07 Å². The van der Waals surface area contributed by atoms with Crippen molar-refractivity contribution in [1.29, 1.82) is 0 Å². The monoisotopic (exact) mass is 314 g/mol. The van der Waals surface area contributed by atoms with E-state index in [1.807, 2.05) is 30.3 Å². The minimum atomic E-state index is 0.274. The summed E-state index contributed by atoms with van der Waals surface area (Å²) in [5.74, 6) is 1.53. The van der Waals surface area contributed by atoms with Crippen LogP contribution in [0.5, 0.6) is 11.5 Å². The molecule has 0 saturated carbocycles. The largest absolute Gasteiger partial charge is 0.454 e. The van der Waals surface area contributed by atoms with Crippen LogP contribution < -0.4 is 20.2 Å². The van der Waals surface area contributed by atoms with E-state index in [0.717, 1.165) is 22.6 Å². The summed E-state index contributed by atoms with van der Waals surface area (Å²) in [5, 5.41) is 7.58. The van der Waals surface area contributed by atoms with Gasteiger partial charge in [-0.15, -0.1) is 0 Å². The van der Waals surface area contributed by atoms with Crippen molar-refractivity contribution in [1.82, 2.24) is 15.7 Å². The van der Waals surface area contributed by atoms with E-state index in [1.54, 1.807) is 18.6 Å². The summed E-state index contributed by atoms with van der Waals surface area (Å²) in [6.07, 6.45) is 5.09. The molecule has 0 saturated heterocycles.